The van der Waals surface area contributed by atoms with Crippen molar-refractivity contribution in [2.75, 3.05) is 0 Å². The van der Waals surface area contributed by atoms with Crippen molar-refractivity contribution in [2.24, 2.45) is 0 Å². The summed E-state index contributed by atoms with van der Waals surface area (Å²) in [4.78, 5) is 12.1. The van der Waals surface area contributed by atoms with E-state index in [0.29, 0.717) is 10.0 Å². The molecule has 0 amide bonds. The third-order valence-corrected chi connectivity index (χ3v) is 3.86. The van der Waals surface area contributed by atoms with Gasteiger partial charge in [-0.3, -0.25) is 0 Å². The molecule has 0 aromatic heterocycles. The molecule has 92 valence electrons. The minimum Gasteiger partial charge on any atom is -0.302 e. The highest BCUT2D eigenvalue weighted by Gasteiger charge is 2.16. The van der Waals surface area contributed by atoms with E-state index >= 15 is 0 Å². The van der Waals surface area contributed by atoms with Crippen molar-refractivity contribution in [3.63, 3.8) is 0 Å². The van der Waals surface area contributed by atoms with Crippen LogP contribution in [0.15, 0.2) is 47.4 Å². The maximum atomic E-state index is 11.3. The van der Waals surface area contributed by atoms with Crippen LogP contribution in [0.3, 0.4) is 0 Å². The number of halogens is 2. The van der Waals surface area contributed by atoms with Gasteiger partial charge in [0, 0.05) is 4.90 Å². The van der Waals surface area contributed by atoms with E-state index in [1.165, 1.54) is 0 Å². The molecule has 4 heteroatoms. The second kappa shape index (κ2) is 5.79. The Balaban J connectivity index is 2.49. The Labute approximate surface area is 121 Å². The molecule has 0 spiro atoms. The fourth-order valence-corrected chi connectivity index (χ4v) is 2.39. The molecule has 0 radical (unpaired) electrons. The summed E-state index contributed by atoms with van der Waals surface area (Å²) in [5.74, 6) is -0.381. The van der Waals surface area contributed by atoms with E-state index in [-0.39, 0.29) is 5.92 Å². The SMILES string of the molecule is O=CC(c1ccc(Cl)c(Cl)c1)c1ccccc1S. The molecule has 18 heavy (non-hydrogen) atoms. The molecular formula is C14H10Cl2OS. The number of benzene rings is 2. The Bertz CT molecular complexity index is 584. The highest BCUT2D eigenvalue weighted by molar-refractivity contribution is 7.80. The van der Waals surface area contributed by atoms with Gasteiger partial charge in [0.25, 0.3) is 0 Å². The third kappa shape index (κ3) is 2.72. The van der Waals surface area contributed by atoms with Gasteiger partial charge >= 0.3 is 0 Å². The van der Waals surface area contributed by atoms with Crippen molar-refractivity contribution in [2.45, 2.75) is 10.8 Å². The average Bonchev–Trinajstić information content (AvgIpc) is 2.37. The van der Waals surface area contributed by atoms with Gasteiger partial charge in [-0.05, 0) is 29.3 Å². The van der Waals surface area contributed by atoms with E-state index in [1.54, 1.807) is 18.2 Å². The van der Waals surface area contributed by atoms with Crippen LogP contribution >= 0.6 is 35.8 Å². The minimum absolute atomic E-state index is 0.381. The molecule has 1 nitrogen and oxygen atoms in total. The first-order valence-electron chi connectivity index (χ1n) is 5.31. The molecule has 0 fully saturated rings. The van der Waals surface area contributed by atoms with E-state index in [9.17, 15) is 4.79 Å². The molecule has 0 bridgehead atoms. The predicted octanol–water partition coefficient (Wildman–Crippen LogP) is 4.61. The average molecular weight is 297 g/mol. The van der Waals surface area contributed by atoms with Crippen LogP contribution in [0.1, 0.15) is 17.0 Å². The molecule has 0 aliphatic heterocycles. The maximum absolute atomic E-state index is 11.3. The number of carbonyl (C=O) groups is 1. The first-order chi connectivity index (χ1) is 8.63. The lowest BCUT2D eigenvalue weighted by molar-refractivity contribution is -0.108. The van der Waals surface area contributed by atoms with Gasteiger partial charge in [0.1, 0.15) is 6.29 Å². The summed E-state index contributed by atoms with van der Waals surface area (Å²) >= 11 is 16.2. The summed E-state index contributed by atoms with van der Waals surface area (Å²) in [5.41, 5.74) is 1.66. The topological polar surface area (TPSA) is 17.1 Å². The monoisotopic (exact) mass is 296 g/mol. The van der Waals surface area contributed by atoms with E-state index < -0.39 is 0 Å². The second-order valence-corrected chi connectivity index (χ2v) is 5.14. The predicted molar refractivity (Wildman–Crippen MR) is 78.1 cm³/mol. The zero-order chi connectivity index (χ0) is 13.1. The minimum atomic E-state index is -0.381. The lowest BCUT2D eigenvalue weighted by Crippen LogP contribution is -2.03. The van der Waals surface area contributed by atoms with Crippen molar-refractivity contribution in [3.05, 3.63) is 63.6 Å². The maximum Gasteiger partial charge on any atom is 0.131 e. The number of rotatable bonds is 3. The van der Waals surface area contributed by atoms with Crippen molar-refractivity contribution in [1.29, 1.82) is 0 Å². The van der Waals surface area contributed by atoms with Crippen LogP contribution in [0.5, 0.6) is 0 Å². The van der Waals surface area contributed by atoms with Gasteiger partial charge in [0.15, 0.2) is 0 Å². The summed E-state index contributed by atoms with van der Waals surface area (Å²) in [5, 5.41) is 0.918. The van der Waals surface area contributed by atoms with Crippen LogP contribution in [-0.4, -0.2) is 6.29 Å². The Morgan fingerprint density at radius 2 is 1.78 bits per heavy atom. The lowest BCUT2D eigenvalue weighted by atomic mass is 9.93. The number of hydrogen-bond acceptors (Lipinski definition) is 2. The van der Waals surface area contributed by atoms with Crippen molar-refractivity contribution in [1.82, 2.24) is 0 Å². The van der Waals surface area contributed by atoms with Gasteiger partial charge in [0.05, 0.1) is 16.0 Å². The van der Waals surface area contributed by atoms with E-state index in [2.05, 4.69) is 12.6 Å². The van der Waals surface area contributed by atoms with Crippen molar-refractivity contribution in [3.8, 4) is 0 Å². The lowest BCUT2D eigenvalue weighted by Gasteiger charge is -2.14. The van der Waals surface area contributed by atoms with E-state index in [4.69, 9.17) is 23.2 Å². The summed E-state index contributed by atoms with van der Waals surface area (Å²) in [6, 6.07) is 12.7. The molecule has 0 N–H and O–H groups in total. The summed E-state index contributed by atoms with van der Waals surface area (Å²) in [6.07, 6.45) is 0.884. The van der Waals surface area contributed by atoms with Crippen LogP contribution in [-0.2, 0) is 4.79 Å². The quantitative estimate of drug-likeness (QED) is 0.646. The van der Waals surface area contributed by atoms with Gasteiger partial charge in [-0.25, -0.2) is 0 Å². The largest absolute Gasteiger partial charge is 0.302 e. The molecule has 0 aliphatic rings. The van der Waals surface area contributed by atoms with Gasteiger partial charge in [-0.15, -0.1) is 12.6 Å². The molecule has 0 saturated heterocycles. The van der Waals surface area contributed by atoms with Crippen LogP contribution < -0.4 is 0 Å². The number of carbonyl (C=O) groups excluding carboxylic acids is 1. The molecule has 1 atom stereocenters. The van der Waals surface area contributed by atoms with Gasteiger partial charge in [-0.1, -0.05) is 47.5 Å². The molecule has 2 aromatic carbocycles. The van der Waals surface area contributed by atoms with Crippen molar-refractivity contribution < 1.29 is 4.79 Å². The molecule has 0 aliphatic carbocycles. The highest BCUT2D eigenvalue weighted by Crippen LogP contribution is 2.31. The Kier molecular flexibility index (Phi) is 4.33. The molecule has 2 aromatic rings. The highest BCUT2D eigenvalue weighted by atomic mass is 35.5. The Morgan fingerprint density at radius 1 is 1.06 bits per heavy atom. The normalized spacial score (nSPS) is 12.2. The van der Waals surface area contributed by atoms with Crippen LogP contribution in [0, 0.1) is 0 Å². The number of aldehydes is 1. The Morgan fingerprint density at radius 3 is 2.39 bits per heavy atom. The summed E-state index contributed by atoms with van der Waals surface area (Å²) in [6.45, 7) is 0. The molecule has 2 rings (SSSR count). The third-order valence-electron chi connectivity index (χ3n) is 2.71. The number of hydrogen-bond donors (Lipinski definition) is 1. The molecular weight excluding hydrogens is 287 g/mol. The molecule has 0 saturated carbocycles. The van der Waals surface area contributed by atoms with Gasteiger partial charge in [0.2, 0.25) is 0 Å². The zero-order valence-corrected chi connectivity index (χ0v) is 11.7. The fourth-order valence-electron chi connectivity index (χ4n) is 1.79. The zero-order valence-electron chi connectivity index (χ0n) is 9.31. The van der Waals surface area contributed by atoms with Crippen LogP contribution in [0.25, 0.3) is 0 Å². The smallest absolute Gasteiger partial charge is 0.131 e. The second-order valence-electron chi connectivity index (χ2n) is 3.85. The molecule has 0 heterocycles. The first kappa shape index (κ1) is 13.5. The first-order valence-corrected chi connectivity index (χ1v) is 6.52. The fraction of sp³-hybridized carbons (Fsp3) is 0.0714. The van der Waals surface area contributed by atoms with Crippen molar-refractivity contribution >= 4 is 42.1 Å². The standard InChI is InChI=1S/C14H10Cl2OS/c15-12-6-5-9(7-13(12)16)11(8-17)10-3-1-2-4-14(10)18/h1-8,11,18H. The number of thiol groups is 1. The van der Waals surface area contributed by atoms with E-state index in [1.807, 2.05) is 24.3 Å². The van der Waals surface area contributed by atoms with E-state index in [0.717, 1.165) is 22.3 Å². The van der Waals surface area contributed by atoms with Crippen LogP contribution in [0.2, 0.25) is 10.0 Å². The van der Waals surface area contributed by atoms with Gasteiger partial charge in [-0.2, -0.15) is 0 Å². The summed E-state index contributed by atoms with van der Waals surface area (Å²) in [7, 11) is 0. The molecule has 1 unspecified atom stereocenters. The van der Waals surface area contributed by atoms with Gasteiger partial charge < -0.3 is 4.79 Å². The summed E-state index contributed by atoms with van der Waals surface area (Å²) < 4.78 is 0. The Hall–Kier alpha value is -0.960. The van der Waals surface area contributed by atoms with Crippen LogP contribution in [0.4, 0.5) is 0 Å².